The molecule has 0 radical (unpaired) electrons. The summed E-state index contributed by atoms with van der Waals surface area (Å²) in [5.74, 6) is 0. The van der Waals surface area contributed by atoms with Crippen molar-refractivity contribution in [1.29, 1.82) is 0 Å². The Morgan fingerprint density at radius 1 is 0.842 bits per heavy atom. The molecule has 0 atom stereocenters. The number of rotatable bonds is 9. The van der Waals surface area contributed by atoms with Crippen molar-refractivity contribution in [3.8, 4) is 0 Å². The van der Waals surface area contributed by atoms with E-state index in [4.69, 9.17) is 17.5 Å². The van der Waals surface area contributed by atoms with Gasteiger partial charge in [0.1, 0.15) is 0 Å². The predicted molar refractivity (Wildman–Crippen MR) is 76.4 cm³/mol. The molecule has 0 aliphatic carbocycles. The Morgan fingerprint density at radius 3 is 1.37 bits per heavy atom. The normalized spacial score (nSPS) is 9.68. The molecule has 0 aromatic heterocycles. The predicted octanol–water partition coefficient (Wildman–Crippen LogP) is 4.25. The van der Waals surface area contributed by atoms with Crippen molar-refractivity contribution in [1.82, 2.24) is 6.15 Å². The van der Waals surface area contributed by atoms with Gasteiger partial charge in [-0.3, -0.25) is 9.11 Å². The van der Waals surface area contributed by atoms with Crippen molar-refractivity contribution < 1.29 is 34.9 Å². The molecule has 0 heterocycles. The van der Waals surface area contributed by atoms with Crippen molar-refractivity contribution in [2.45, 2.75) is 71.1 Å². The van der Waals surface area contributed by atoms with Crippen molar-refractivity contribution in [3.05, 3.63) is 6.92 Å². The van der Waals surface area contributed by atoms with Crippen LogP contribution in [0.1, 0.15) is 71.1 Å². The van der Waals surface area contributed by atoms with E-state index in [0.29, 0.717) is 0 Å². The van der Waals surface area contributed by atoms with Crippen molar-refractivity contribution >= 4 is 10.4 Å². The van der Waals surface area contributed by atoms with Gasteiger partial charge in [0.2, 0.25) is 0 Å². The van der Waals surface area contributed by atoms with Crippen LogP contribution in [-0.2, 0) is 27.8 Å². The van der Waals surface area contributed by atoms with Gasteiger partial charge in [-0.1, -0.05) is 64.7 Å². The summed E-state index contributed by atoms with van der Waals surface area (Å²) < 4.78 is 31.6. The summed E-state index contributed by atoms with van der Waals surface area (Å²) in [4.78, 5) is 0. The molecule has 0 spiro atoms. The minimum absolute atomic E-state index is 0. The van der Waals surface area contributed by atoms with Gasteiger partial charge in [0.25, 0.3) is 0 Å². The fraction of sp³-hybridized carbons (Fsp3) is 0.917. The van der Waals surface area contributed by atoms with Crippen LogP contribution in [0.3, 0.4) is 0 Å². The minimum atomic E-state index is -4.67. The summed E-state index contributed by atoms with van der Waals surface area (Å²) in [5, 5.41) is 0. The van der Waals surface area contributed by atoms with Crippen molar-refractivity contribution in [3.63, 3.8) is 0 Å². The van der Waals surface area contributed by atoms with E-state index in [0.717, 1.165) is 6.42 Å². The second kappa shape index (κ2) is 20.7. The van der Waals surface area contributed by atoms with Crippen LogP contribution in [-0.4, -0.2) is 17.5 Å². The topological polar surface area (TPSA) is 110 Å². The Morgan fingerprint density at radius 2 is 1.11 bits per heavy atom. The summed E-state index contributed by atoms with van der Waals surface area (Å²) in [5.41, 5.74) is 0. The van der Waals surface area contributed by atoms with Crippen LogP contribution in [0, 0.1) is 6.92 Å². The molecule has 0 unspecified atom stereocenters. The van der Waals surface area contributed by atoms with Gasteiger partial charge in [0, 0.05) is 17.4 Å². The molecule has 5 N–H and O–H groups in total. The van der Waals surface area contributed by atoms with Gasteiger partial charge in [-0.05, 0) is 0 Å². The molecule has 0 bridgehead atoms. The molecule has 0 amide bonds. The fourth-order valence-corrected chi connectivity index (χ4v) is 1.49. The maximum Gasteiger partial charge on any atom is 0.394 e. The van der Waals surface area contributed by atoms with Crippen molar-refractivity contribution in [2.75, 3.05) is 0 Å². The minimum Gasteiger partial charge on any atom is -0.344 e. The van der Waals surface area contributed by atoms with Crippen LogP contribution in [0.15, 0.2) is 0 Å². The first kappa shape index (κ1) is 27.7. The summed E-state index contributed by atoms with van der Waals surface area (Å²) >= 11 is 0. The third kappa shape index (κ3) is 56.1. The molecule has 7 heteroatoms. The molecule has 0 aliphatic rings. The second-order valence-electron chi connectivity index (χ2n) is 4.13. The molecule has 19 heavy (non-hydrogen) atoms. The van der Waals surface area contributed by atoms with Crippen molar-refractivity contribution in [2.24, 2.45) is 0 Å². The maximum absolute atomic E-state index is 8.74. The molecular formula is C12H30CrNO4S-. The van der Waals surface area contributed by atoms with Gasteiger partial charge in [-0.15, -0.1) is 0 Å². The molecular weight excluding hydrogens is 306 g/mol. The Hall–Kier alpha value is 0.362. The van der Waals surface area contributed by atoms with Crippen LogP contribution >= 0.6 is 0 Å². The maximum atomic E-state index is 8.74. The molecule has 0 rings (SSSR count). The first-order valence-electron chi connectivity index (χ1n) is 6.41. The van der Waals surface area contributed by atoms with E-state index < -0.39 is 10.4 Å². The number of hydrogen-bond donors (Lipinski definition) is 3. The summed E-state index contributed by atoms with van der Waals surface area (Å²) in [6.07, 6.45) is 13.9. The Bertz CT molecular complexity index is 218. The zero-order valence-corrected chi connectivity index (χ0v) is 14.1. The molecule has 0 saturated carbocycles. The Balaban J connectivity index is -0.000000139. The first-order chi connectivity index (χ1) is 7.91. The Kier molecular flexibility index (Phi) is 30.1. The SMILES string of the molecule is N.O=S(=O)(O)O.[CH2-]CCCCCCCCCCC.[Cr]. The van der Waals surface area contributed by atoms with Gasteiger partial charge >= 0.3 is 10.4 Å². The van der Waals surface area contributed by atoms with E-state index in [1.54, 1.807) is 0 Å². The summed E-state index contributed by atoms with van der Waals surface area (Å²) in [6, 6.07) is 0. The third-order valence-corrected chi connectivity index (χ3v) is 2.35. The fourth-order valence-electron chi connectivity index (χ4n) is 1.49. The molecule has 120 valence electrons. The monoisotopic (exact) mass is 336 g/mol. The van der Waals surface area contributed by atoms with E-state index in [-0.39, 0.29) is 23.5 Å². The van der Waals surface area contributed by atoms with Crippen LogP contribution in [0.5, 0.6) is 0 Å². The smallest absolute Gasteiger partial charge is 0.344 e. The van der Waals surface area contributed by atoms with Gasteiger partial charge in [-0.25, -0.2) is 0 Å². The van der Waals surface area contributed by atoms with Crippen LogP contribution < -0.4 is 6.15 Å². The van der Waals surface area contributed by atoms with Gasteiger partial charge in [0.05, 0.1) is 0 Å². The summed E-state index contributed by atoms with van der Waals surface area (Å²) in [7, 11) is -4.67. The van der Waals surface area contributed by atoms with Crippen LogP contribution in [0.2, 0.25) is 0 Å². The second-order valence-corrected chi connectivity index (χ2v) is 5.03. The average molecular weight is 336 g/mol. The molecule has 0 fully saturated rings. The number of hydrogen-bond acceptors (Lipinski definition) is 3. The zero-order chi connectivity index (χ0) is 13.6. The van der Waals surface area contributed by atoms with Gasteiger partial charge in [-0.2, -0.15) is 14.8 Å². The van der Waals surface area contributed by atoms with E-state index in [1.807, 2.05) is 0 Å². The molecule has 0 aromatic rings. The number of unbranched alkanes of at least 4 members (excludes halogenated alkanes) is 9. The largest absolute Gasteiger partial charge is 0.394 e. The first-order valence-corrected chi connectivity index (χ1v) is 7.80. The third-order valence-electron chi connectivity index (χ3n) is 2.35. The van der Waals surface area contributed by atoms with Gasteiger partial charge in [0.15, 0.2) is 0 Å². The van der Waals surface area contributed by atoms with E-state index in [9.17, 15) is 0 Å². The average Bonchev–Trinajstić information content (AvgIpc) is 2.20. The van der Waals surface area contributed by atoms with Crippen LogP contribution in [0.25, 0.3) is 0 Å². The quantitative estimate of drug-likeness (QED) is 0.331. The summed E-state index contributed by atoms with van der Waals surface area (Å²) in [6.45, 7) is 6.12. The van der Waals surface area contributed by atoms with E-state index >= 15 is 0 Å². The van der Waals surface area contributed by atoms with E-state index in [1.165, 1.54) is 57.8 Å². The molecule has 0 aliphatic heterocycles. The molecule has 0 saturated heterocycles. The molecule has 0 aromatic carbocycles. The van der Waals surface area contributed by atoms with Crippen LogP contribution in [0.4, 0.5) is 0 Å². The Labute approximate surface area is 129 Å². The zero-order valence-electron chi connectivity index (χ0n) is 12.0. The van der Waals surface area contributed by atoms with E-state index in [2.05, 4.69) is 13.8 Å². The van der Waals surface area contributed by atoms with Gasteiger partial charge < -0.3 is 13.1 Å². The molecule has 5 nitrogen and oxygen atoms in total. The standard InChI is InChI=1S/C12H25.Cr.H3N.H2O4S/c1-3-5-7-9-11-12-10-8-6-4-2;;;1-5(2,3)4/h1,3-12H2,2H3;;1H3;(H2,1,2,3,4)/q-1;;;.